The molecule has 0 amide bonds. The van der Waals surface area contributed by atoms with Crippen LogP contribution in [0.25, 0.3) is 0 Å². The normalized spacial score (nSPS) is 10.3. The number of methoxy groups -OCH3 is 2. The summed E-state index contributed by atoms with van der Waals surface area (Å²) < 4.78 is 10.6. The van der Waals surface area contributed by atoms with Crippen molar-refractivity contribution in [2.45, 2.75) is 6.92 Å². The van der Waals surface area contributed by atoms with E-state index >= 15 is 0 Å². The van der Waals surface area contributed by atoms with Crippen LogP contribution in [0.5, 0.6) is 11.5 Å². The second-order valence-corrected chi connectivity index (χ2v) is 5.42. The summed E-state index contributed by atoms with van der Waals surface area (Å²) in [6.45, 7) is 2.77. The minimum absolute atomic E-state index is 0.532. The Bertz CT molecular complexity index is 858. The minimum atomic E-state index is 0.532. The quantitative estimate of drug-likeness (QED) is 0.694. The molecule has 1 heterocycles. The predicted octanol–water partition coefficient (Wildman–Crippen LogP) is 3.79. The van der Waals surface area contributed by atoms with Gasteiger partial charge in [0.15, 0.2) is 17.3 Å². The van der Waals surface area contributed by atoms with E-state index in [4.69, 9.17) is 9.47 Å². The SMILES string of the molecule is CCN(c1ccccc1)c1nncc(Nc2ccc(OC)c(OC)c2)n1. The first kappa shape index (κ1) is 17.5. The van der Waals surface area contributed by atoms with Crippen LogP contribution in [0, 0.1) is 0 Å². The summed E-state index contributed by atoms with van der Waals surface area (Å²) in [7, 11) is 3.21. The first-order chi connectivity index (χ1) is 12.7. The Labute approximate surface area is 152 Å². The highest BCUT2D eigenvalue weighted by Gasteiger charge is 2.12. The molecule has 0 atom stereocenters. The molecule has 0 aliphatic heterocycles. The van der Waals surface area contributed by atoms with E-state index in [1.807, 2.05) is 60.4 Å². The smallest absolute Gasteiger partial charge is 0.251 e. The molecule has 134 valence electrons. The molecule has 0 saturated carbocycles. The monoisotopic (exact) mass is 351 g/mol. The molecule has 0 spiro atoms. The average Bonchev–Trinajstić information content (AvgIpc) is 2.69. The number of benzene rings is 2. The number of rotatable bonds is 7. The molecule has 0 bridgehead atoms. The fourth-order valence-electron chi connectivity index (χ4n) is 2.58. The molecule has 0 radical (unpaired) electrons. The van der Waals surface area contributed by atoms with Gasteiger partial charge in [-0.2, -0.15) is 10.1 Å². The molecule has 0 unspecified atom stereocenters. The third-order valence-electron chi connectivity index (χ3n) is 3.83. The zero-order valence-corrected chi connectivity index (χ0v) is 15.0. The molecule has 26 heavy (non-hydrogen) atoms. The van der Waals surface area contributed by atoms with Crippen LogP contribution in [0.4, 0.5) is 23.1 Å². The van der Waals surface area contributed by atoms with Crippen molar-refractivity contribution in [1.29, 1.82) is 0 Å². The molecule has 1 N–H and O–H groups in total. The zero-order valence-electron chi connectivity index (χ0n) is 15.0. The molecule has 0 aliphatic rings. The number of nitrogens with zero attached hydrogens (tertiary/aromatic N) is 4. The van der Waals surface area contributed by atoms with E-state index in [1.165, 1.54) is 0 Å². The lowest BCUT2D eigenvalue weighted by Crippen LogP contribution is -2.19. The third kappa shape index (κ3) is 3.83. The molecule has 0 fully saturated rings. The fraction of sp³-hybridized carbons (Fsp3) is 0.211. The highest BCUT2D eigenvalue weighted by molar-refractivity contribution is 5.63. The molecular formula is C19H21N5O2. The van der Waals surface area contributed by atoms with Gasteiger partial charge in [-0.3, -0.25) is 0 Å². The van der Waals surface area contributed by atoms with Crippen molar-refractivity contribution < 1.29 is 9.47 Å². The van der Waals surface area contributed by atoms with E-state index in [2.05, 4.69) is 20.5 Å². The van der Waals surface area contributed by atoms with Crippen LogP contribution >= 0.6 is 0 Å². The maximum atomic E-state index is 5.33. The minimum Gasteiger partial charge on any atom is -0.493 e. The molecule has 0 aliphatic carbocycles. The van der Waals surface area contributed by atoms with Gasteiger partial charge in [-0.25, -0.2) is 0 Å². The van der Waals surface area contributed by atoms with Gasteiger partial charge in [0.05, 0.1) is 20.4 Å². The van der Waals surface area contributed by atoms with Crippen LogP contribution in [0.3, 0.4) is 0 Å². The molecule has 1 aromatic heterocycles. The lowest BCUT2D eigenvalue weighted by atomic mass is 10.2. The van der Waals surface area contributed by atoms with Gasteiger partial charge in [-0.1, -0.05) is 18.2 Å². The van der Waals surface area contributed by atoms with Crippen molar-refractivity contribution in [3.63, 3.8) is 0 Å². The summed E-state index contributed by atoms with van der Waals surface area (Å²) in [5.74, 6) is 2.43. The Hall–Kier alpha value is -3.35. The van der Waals surface area contributed by atoms with Crippen LogP contribution < -0.4 is 19.7 Å². The Balaban J connectivity index is 1.85. The standard InChI is InChI=1S/C19H21N5O2/c1-4-24(15-8-6-5-7-9-15)19-22-18(13-20-23-19)21-14-10-11-16(25-2)17(12-14)26-3/h5-13H,4H2,1-3H3,(H,21,22,23). The van der Waals surface area contributed by atoms with Crippen LogP contribution in [0.2, 0.25) is 0 Å². The van der Waals surface area contributed by atoms with Crippen molar-refractivity contribution in [1.82, 2.24) is 15.2 Å². The zero-order chi connectivity index (χ0) is 18.4. The summed E-state index contributed by atoms with van der Waals surface area (Å²) in [6.07, 6.45) is 1.58. The molecule has 3 aromatic rings. The first-order valence-corrected chi connectivity index (χ1v) is 8.26. The maximum absolute atomic E-state index is 5.33. The van der Waals surface area contributed by atoms with Crippen LogP contribution in [0.1, 0.15) is 6.92 Å². The van der Waals surface area contributed by atoms with Crippen molar-refractivity contribution in [3.05, 3.63) is 54.7 Å². The van der Waals surface area contributed by atoms with Gasteiger partial charge in [0, 0.05) is 24.0 Å². The largest absolute Gasteiger partial charge is 0.493 e. The van der Waals surface area contributed by atoms with Gasteiger partial charge in [0.25, 0.3) is 5.95 Å². The van der Waals surface area contributed by atoms with Crippen LogP contribution in [0.15, 0.2) is 54.7 Å². The Morgan fingerprint density at radius 2 is 1.77 bits per heavy atom. The number of hydrogen-bond acceptors (Lipinski definition) is 7. The third-order valence-corrected chi connectivity index (χ3v) is 3.83. The Morgan fingerprint density at radius 1 is 1.00 bits per heavy atom. The number of aromatic nitrogens is 3. The van der Waals surface area contributed by atoms with E-state index in [9.17, 15) is 0 Å². The van der Waals surface area contributed by atoms with E-state index in [0.29, 0.717) is 23.3 Å². The fourth-order valence-corrected chi connectivity index (χ4v) is 2.58. The van der Waals surface area contributed by atoms with E-state index in [-0.39, 0.29) is 0 Å². The summed E-state index contributed by atoms with van der Waals surface area (Å²) >= 11 is 0. The predicted molar refractivity (Wildman–Crippen MR) is 102 cm³/mol. The number of para-hydroxylation sites is 1. The van der Waals surface area contributed by atoms with Gasteiger partial charge >= 0.3 is 0 Å². The molecule has 0 saturated heterocycles. The lowest BCUT2D eigenvalue weighted by Gasteiger charge is -2.20. The molecule has 3 rings (SSSR count). The van der Waals surface area contributed by atoms with Gasteiger partial charge in [0.2, 0.25) is 0 Å². The molecule has 7 heteroatoms. The average molecular weight is 351 g/mol. The van der Waals surface area contributed by atoms with Gasteiger partial charge < -0.3 is 19.7 Å². The number of anilines is 4. The topological polar surface area (TPSA) is 72.4 Å². The lowest BCUT2D eigenvalue weighted by molar-refractivity contribution is 0.355. The number of nitrogens with one attached hydrogen (secondary N) is 1. The van der Waals surface area contributed by atoms with E-state index in [1.54, 1.807) is 20.4 Å². The van der Waals surface area contributed by atoms with Crippen molar-refractivity contribution in [2.24, 2.45) is 0 Å². The number of ether oxygens (including phenoxy) is 2. The van der Waals surface area contributed by atoms with Gasteiger partial charge in [0.1, 0.15) is 0 Å². The van der Waals surface area contributed by atoms with Crippen molar-refractivity contribution >= 4 is 23.1 Å². The summed E-state index contributed by atoms with van der Waals surface area (Å²) in [6, 6.07) is 15.5. The number of hydrogen-bond donors (Lipinski definition) is 1. The highest BCUT2D eigenvalue weighted by Crippen LogP contribution is 2.31. The van der Waals surface area contributed by atoms with Gasteiger partial charge in [-0.05, 0) is 31.2 Å². The van der Waals surface area contributed by atoms with Crippen molar-refractivity contribution in [3.8, 4) is 11.5 Å². The second-order valence-electron chi connectivity index (χ2n) is 5.42. The van der Waals surface area contributed by atoms with Crippen LogP contribution in [-0.4, -0.2) is 35.9 Å². The first-order valence-electron chi connectivity index (χ1n) is 8.26. The molecular weight excluding hydrogens is 330 g/mol. The van der Waals surface area contributed by atoms with E-state index < -0.39 is 0 Å². The van der Waals surface area contributed by atoms with Gasteiger partial charge in [-0.15, -0.1) is 5.10 Å². The highest BCUT2D eigenvalue weighted by atomic mass is 16.5. The summed E-state index contributed by atoms with van der Waals surface area (Å²) in [5, 5.41) is 11.5. The summed E-state index contributed by atoms with van der Waals surface area (Å²) in [5.41, 5.74) is 1.83. The van der Waals surface area contributed by atoms with Crippen LogP contribution in [-0.2, 0) is 0 Å². The van der Waals surface area contributed by atoms with Crippen molar-refractivity contribution in [2.75, 3.05) is 31.0 Å². The second kappa shape index (κ2) is 8.15. The molecule has 7 nitrogen and oxygen atoms in total. The molecule has 2 aromatic carbocycles. The Kier molecular flexibility index (Phi) is 5.48. The summed E-state index contributed by atoms with van der Waals surface area (Å²) in [4.78, 5) is 6.58. The Morgan fingerprint density at radius 3 is 2.46 bits per heavy atom. The van der Waals surface area contributed by atoms with E-state index in [0.717, 1.165) is 17.9 Å². The maximum Gasteiger partial charge on any atom is 0.251 e.